The maximum Gasteiger partial charge on any atom is 0.0994 e. The fourth-order valence-corrected chi connectivity index (χ4v) is 1.64. The summed E-state index contributed by atoms with van der Waals surface area (Å²) in [7, 11) is 1.71. The van der Waals surface area contributed by atoms with Crippen LogP contribution < -0.4 is 5.73 Å². The van der Waals surface area contributed by atoms with E-state index in [1.807, 2.05) is 4.68 Å². The zero-order valence-electron chi connectivity index (χ0n) is 9.73. The fourth-order valence-electron chi connectivity index (χ4n) is 1.64. The minimum absolute atomic E-state index is 0.313. The van der Waals surface area contributed by atoms with E-state index in [0.717, 1.165) is 30.8 Å². The van der Waals surface area contributed by atoms with Gasteiger partial charge < -0.3 is 10.5 Å². The van der Waals surface area contributed by atoms with Gasteiger partial charge in [-0.25, -0.2) is 4.68 Å². The van der Waals surface area contributed by atoms with E-state index in [1.54, 1.807) is 7.11 Å². The first-order valence-electron chi connectivity index (χ1n) is 5.36. The molecule has 0 saturated carbocycles. The minimum atomic E-state index is 0.313. The smallest absolute Gasteiger partial charge is 0.0994 e. The Morgan fingerprint density at radius 3 is 2.80 bits per heavy atom. The van der Waals surface area contributed by atoms with Crippen molar-refractivity contribution in [3.8, 4) is 0 Å². The molecule has 0 radical (unpaired) electrons. The summed E-state index contributed by atoms with van der Waals surface area (Å²) in [5, 5.41) is 8.22. The van der Waals surface area contributed by atoms with E-state index in [2.05, 4.69) is 24.2 Å². The van der Waals surface area contributed by atoms with Crippen LogP contribution in [0, 0.1) is 0 Å². The molecule has 0 aliphatic heterocycles. The number of methoxy groups -OCH3 is 1. The van der Waals surface area contributed by atoms with E-state index in [9.17, 15) is 0 Å². The van der Waals surface area contributed by atoms with Crippen molar-refractivity contribution in [2.75, 3.05) is 13.7 Å². The largest absolute Gasteiger partial charge is 0.385 e. The van der Waals surface area contributed by atoms with E-state index in [1.165, 1.54) is 0 Å². The minimum Gasteiger partial charge on any atom is -0.385 e. The predicted molar refractivity (Wildman–Crippen MR) is 58.5 cm³/mol. The van der Waals surface area contributed by atoms with Gasteiger partial charge in [-0.1, -0.05) is 12.1 Å². The molecule has 1 unspecified atom stereocenters. The van der Waals surface area contributed by atoms with Crippen LogP contribution in [0.15, 0.2) is 0 Å². The van der Waals surface area contributed by atoms with Gasteiger partial charge in [-0.15, -0.1) is 5.10 Å². The monoisotopic (exact) mass is 212 g/mol. The summed E-state index contributed by atoms with van der Waals surface area (Å²) in [6.45, 7) is 5.41. The number of nitrogens with two attached hydrogens (primary N) is 1. The zero-order valence-corrected chi connectivity index (χ0v) is 9.73. The third-order valence-corrected chi connectivity index (χ3v) is 2.56. The third-order valence-electron chi connectivity index (χ3n) is 2.56. The van der Waals surface area contributed by atoms with Gasteiger partial charge >= 0.3 is 0 Å². The molecule has 0 spiro atoms. The van der Waals surface area contributed by atoms with E-state index in [-0.39, 0.29) is 0 Å². The Morgan fingerprint density at radius 1 is 1.53 bits per heavy atom. The van der Waals surface area contributed by atoms with Crippen molar-refractivity contribution in [3.63, 3.8) is 0 Å². The van der Waals surface area contributed by atoms with Crippen molar-refractivity contribution in [1.29, 1.82) is 0 Å². The molecule has 1 aromatic rings. The SMILES string of the molecule is CCc1c(CN)nnn1C(C)CCOC. The van der Waals surface area contributed by atoms with Gasteiger partial charge in [0.25, 0.3) is 0 Å². The molecular formula is C10H20N4O. The molecule has 1 rings (SSSR count). The van der Waals surface area contributed by atoms with Crippen LogP contribution in [0.1, 0.15) is 37.7 Å². The molecule has 0 aliphatic rings. The molecule has 0 amide bonds. The van der Waals surface area contributed by atoms with Crippen LogP contribution in [0.4, 0.5) is 0 Å². The summed E-state index contributed by atoms with van der Waals surface area (Å²) in [4.78, 5) is 0. The molecule has 2 N–H and O–H groups in total. The van der Waals surface area contributed by atoms with E-state index < -0.39 is 0 Å². The highest BCUT2D eigenvalue weighted by atomic mass is 16.5. The van der Waals surface area contributed by atoms with E-state index >= 15 is 0 Å². The lowest BCUT2D eigenvalue weighted by atomic mass is 10.2. The highest BCUT2D eigenvalue weighted by Gasteiger charge is 2.14. The molecule has 0 aliphatic carbocycles. The molecule has 15 heavy (non-hydrogen) atoms. The Bertz CT molecular complexity index is 298. The average Bonchev–Trinajstić information content (AvgIpc) is 2.68. The highest BCUT2D eigenvalue weighted by Crippen LogP contribution is 2.15. The van der Waals surface area contributed by atoms with Crippen LogP contribution in [0.3, 0.4) is 0 Å². The van der Waals surface area contributed by atoms with Crippen LogP contribution in [0.2, 0.25) is 0 Å². The van der Waals surface area contributed by atoms with Crippen LogP contribution in [-0.2, 0) is 17.7 Å². The number of rotatable bonds is 6. The van der Waals surface area contributed by atoms with Crippen LogP contribution in [-0.4, -0.2) is 28.7 Å². The van der Waals surface area contributed by atoms with Crippen LogP contribution in [0.5, 0.6) is 0 Å². The zero-order chi connectivity index (χ0) is 11.3. The second kappa shape index (κ2) is 5.82. The Kier molecular flexibility index (Phi) is 4.71. The molecule has 5 heteroatoms. The summed E-state index contributed by atoms with van der Waals surface area (Å²) in [6, 6.07) is 0.313. The standard InChI is InChI=1S/C10H20N4O/c1-4-10-9(7-11)12-13-14(10)8(2)5-6-15-3/h8H,4-7,11H2,1-3H3. The highest BCUT2D eigenvalue weighted by molar-refractivity contribution is 5.10. The van der Waals surface area contributed by atoms with Crippen LogP contribution >= 0.6 is 0 Å². The summed E-state index contributed by atoms with van der Waals surface area (Å²) in [6.07, 6.45) is 1.85. The lowest BCUT2D eigenvalue weighted by molar-refractivity contribution is 0.177. The molecule has 0 aromatic carbocycles. The quantitative estimate of drug-likeness (QED) is 0.760. The van der Waals surface area contributed by atoms with Gasteiger partial charge in [0.1, 0.15) is 0 Å². The maximum atomic E-state index is 5.60. The molecule has 86 valence electrons. The van der Waals surface area contributed by atoms with Gasteiger partial charge in [-0.2, -0.15) is 0 Å². The second-order valence-electron chi connectivity index (χ2n) is 3.62. The number of hydrogen-bond acceptors (Lipinski definition) is 4. The molecule has 0 saturated heterocycles. The third kappa shape index (κ3) is 2.76. The van der Waals surface area contributed by atoms with Gasteiger partial charge in [0, 0.05) is 20.3 Å². The molecular weight excluding hydrogens is 192 g/mol. The maximum absolute atomic E-state index is 5.60. The average molecular weight is 212 g/mol. The van der Waals surface area contributed by atoms with Gasteiger partial charge in [0.2, 0.25) is 0 Å². The summed E-state index contributed by atoms with van der Waals surface area (Å²) < 4.78 is 7.01. The Hall–Kier alpha value is -0.940. The molecule has 0 fully saturated rings. The molecule has 5 nitrogen and oxygen atoms in total. The van der Waals surface area contributed by atoms with Gasteiger partial charge in [-0.3, -0.25) is 0 Å². The fraction of sp³-hybridized carbons (Fsp3) is 0.800. The number of aromatic nitrogens is 3. The van der Waals surface area contributed by atoms with Crippen molar-refractivity contribution in [1.82, 2.24) is 15.0 Å². The Labute approximate surface area is 90.6 Å². The summed E-state index contributed by atoms with van der Waals surface area (Å²) in [5.41, 5.74) is 7.64. The molecule has 1 aromatic heterocycles. The Balaban J connectivity index is 2.78. The van der Waals surface area contributed by atoms with Crippen molar-refractivity contribution in [2.24, 2.45) is 5.73 Å². The van der Waals surface area contributed by atoms with Crippen molar-refractivity contribution in [2.45, 2.75) is 39.3 Å². The topological polar surface area (TPSA) is 66.0 Å². The Morgan fingerprint density at radius 2 is 2.27 bits per heavy atom. The first-order valence-corrected chi connectivity index (χ1v) is 5.36. The summed E-state index contributed by atoms with van der Waals surface area (Å²) in [5.74, 6) is 0. The van der Waals surface area contributed by atoms with Crippen LogP contribution in [0.25, 0.3) is 0 Å². The lowest BCUT2D eigenvalue weighted by Gasteiger charge is -2.13. The summed E-state index contributed by atoms with van der Waals surface area (Å²) >= 11 is 0. The first-order chi connectivity index (χ1) is 7.24. The number of hydrogen-bond donors (Lipinski definition) is 1. The number of nitrogens with zero attached hydrogens (tertiary/aromatic N) is 3. The first kappa shape index (κ1) is 12.1. The van der Waals surface area contributed by atoms with Gasteiger partial charge in [-0.05, 0) is 19.8 Å². The van der Waals surface area contributed by atoms with Gasteiger partial charge in [0.15, 0.2) is 0 Å². The van der Waals surface area contributed by atoms with Gasteiger partial charge in [0.05, 0.1) is 17.4 Å². The molecule has 1 heterocycles. The van der Waals surface area contributed by atoms with E-state index in [4.69, 9.17) is 10.5 Å². The second-order valence-corrected chi connectivity index (χ2v) is 3.62. The predicted octanol–water partition coefficient (Wildman–Crippen LogP) is 0.897. The van der Waals surface area contributed by atoms with Crippen molar-refractivity contribution >= 4 is 0 Å². The normalized spacial score (nSPS) is 13.1. The number of ether oxygens (including phenoxy) is 1. The lowest BCUT2D eigenvalue weighted by Crippen LogP contribution is -2.13. The van der Waals surface area contributed by atoms with E-state index in [0.29, 0.717) is 12.6 Å². The molecule has 1 atom stereocenters. The van der Waals surface area contributed by atoms with Crippen molar-refractivity contribution in [3.05, 3.63) is 11.4 Å². The molecule has 0 bridgehead atoms. The van der Waals surface area contributed by atoms with Crippen molar-refractivity contribution < 1.29 is 4.74 Å².